The molecule has 4 saturated carbocycles. The van der Waals surface area contributed by atoms with Gasteiger partial charge < -0.3 is 14.8 Å². The predicted octanol–water partition coefficient (Wildman–Crippen LogP) is 9.22. The Balaban J connectivity index is 1.21. The zero-order valence-electron chi connectivity index (χ0n) is 22.7. The third kappa shape index (κ3) is 4.47. The second kappa shape index (κ2) is 9.05. The van der Waals surface area contributed by atoms with Crippen molar-refractivity contribution in [3.63, 3.8) is 0 Å². The van der Waals surface area contributed by atoms with Crippen molar-refractivity contribution in [3.8, 4) is 11.5 Å². The predicted molar refractivity (Wildman–Crippen MR) is 153 cm³/mol. The van der Waals surface area contributed by atoms with Crippen LogP contribution in [0.3, 0.4) is 0 Å². The first kappa shape index (κ1) is 25.3. The Bertz CT molecular complexity index is 1400. The van der Waals surface area contributed by atoms with Crippen molar-refractivity contribution in [2.75, 3.05) is 12.4 Å². The lowest BCUT2D eigenvalue weighted by Gasteiger charge is -2.65. The van der Waals surface area contributed by atoms with Crippen LogP contribution in [0.25, 0.3) is 0 Å². The van der Waals surface area contributed by atoms with Gasteiger partial charge >= 0.3 is 5.97 Å². The minimum absolute atomic E-state index is 0.246. The average Bonchev–Trinajstić information content (AvgIpc) is 2.84. The number of rotatable bonds is 6. The summed E-state index contributed by atoms with van der Waals surface area (Å²) < 4.78 is 11.2. The van der Waals surface area contributed by atoms with E-state index in [2.05, 4.69) is 37.4 Å². The minimum atomic E-state index is -0.374. The van der Waals surface area contributed by atoms with E-state index in [1.807, 2.05) is 43.3 Å². The largest absolute Gasteiger partial charge is 0.465 e. The molecule has 4 nitrogen and oxygen atoms in total. The minimum Gasteiger partial charge on any atom is -0.465 e. The van der Waals surface area contributed by atoms with E-state index in [9.17, 15) is 4.79 Å². The molecule has 0 aromatic heterocycles. The molecule has 0 radical (unpaired) electrons. The number of hydrogen-bond donors (Lipinski definition) is 1. The van der Waals surface area contributed by atoms with Crippen molar-refractivity contribution >= 4 is 28.9 Å². The first-order valence-electron chi connectivity index (χ1n) is 13.6. The third-order valence-electron chi connectivity index (χ3n) is 9.20. The van der Waals surface area contributed by atoms with Gasteiger partial charge in [-0.05, 0) is 121 Å². The molecule has 2 atom stereocenters. The lowest BCUT2D eigenvalue weighted by atomic mass is 9.39. The monoisotopic (exact) mass is 529 g/mol. The van der Waals surface area contributed by atoms with Gasteiger partial charge in [-0.15, -0.1) is 0 Å². The quantitative estimate of drug-likeness (QED) is 0.323. The van der Waals surface area contributed by atoms with Crippen molar-refractivity contribution in [1.82, 2.24) is 0 Å². The van der Waals surface area contributed by atoms with Crippen LogP contribution in [0.5, 0.6) is 11.5 Å². The number of aryl methyl sites for hydroxylation is 1. The van der Waals surface area contributed by atoms with Gasteiger partial charge in [-0.25, -0.2) is 4.79 Å². The highest BCUT2D eigenvalue weighted by Crippen LogP contribution is 2.70. The second-order valence-corrected chi connectivity index (χ2v) is 13.2. The normalized spacial score (nSPS) is 29.2. The summed E-state index contributed by atoms with van der Waals surface area (Å²) in [5.41, 5.74) is 5.61. The fourth-order valence-electron chi connectivity index (χ4n) is 8.68. The van der Waals surface area contributed by atoms with E-state index in [1.54, 1.807) is 6.07 Å². The van der Waals surface area contributed by atoms with Crippen LogP contribution >= 0.6 is 11.6 Å². The number of carbonyl (C=O) groups is 1. The van der Waals surface area contributed by atoms with E-state index in [0.717, 1.165) is 22.9 Å². The van der Waals surface area contributed by atoms with Gasteiger partial charge in [-0.2, -0.15) is 0 Å². The van der Waals surface area contributed by atoms with Crippen molar-refractivity contribution in [2.24, 2.45) is 16.7 Å². The molecular weight excluding hydrogens is 494 g/mol. The molecule has 0 aliphatic heterocycles. The zero-order valence-corrected chi connectivity index (χ0v) is 23.5. The number of halogens is 1. The topological polar surface area (TPSA) is 47.6 Å². The number of carbonyl (C=O) groups excluding carboxylic acids is 1. The van der Waals surface area contributed by atoms with E-state index < -0.39 is 0 Å². The Morgan fingerprint density at radius 1 is 0.921 bits per heavy atom. The van der Waals surface area contributed by atoms with E-state index in [1.165, 1.54) is 51.2 Å². The number of benzene rings is 3. The average molecular weight is 530 g/mol. The second-order valence-electron chi connectivity index (χ2n) is 12.8. The molecule has 0 amide bonds. The number of esters is 1. The number of hydrogen-bond acceptors (Lipinski definition) is 4. The Morgan fingerprint density at radius 2 is 1.66 bits per heavy atom. The molecule has 198 valence electrons. The standard InChI is InChI=1S/C33H36ClNO3/c1-21-13-24(10-11-27(21)35-28-8-6-5-7-25(28)30(36)37-4)38-29-12-9-23(14-26(29)34)33-17-22-15-31(2,19-33)18-32(3,16-22)20-33/h5-14,22,35H,15-20H2,1-4H3. The van der Waals surface area contributed by atoms with Gasteiger partial charge in [0.05, 0.1) is 23.4 Å². The van der Waals surface area contributed by atoms with Crippen LogP contribution in [0, 0.1) is 23.7 Å². The molecule has 1 N–H and O–H groups in total. The fraction of sp³-hybridized carbons (Fsp3) is 0.424. The maximum absolute atomic E-state index is 12.1. The zero-order chi connectivity index (χ0) is 26.7. The van der Waals surface area contributed by atoms with Crippen LogP contribution in [0.15, 0.2) is 60.7 Å². The van der Waals surface area contributed by atoms with Gasteiger partial charge in [-0.1, -0.05) is 43.6 Å². The van der Waals surface area contributed by atoms with E-state index in [-0.39, 0.29) is 11.4 Å². The summed E-state index contributed by atoms with van der Waals surface area (Å²) in [6.07, 6.45) is 7.98. The molecule has 2 unspecified atom stereocenters. The third-order valence-corrected chi connectivity index (χ3v) is 9.49. The molecule has 0 saturated heterocycles. The van der Waals surface area contributed by atoms with Gasteiger partial charge in [0.25, 0.3) is 0 Å². The Hall–Kier alpha value is -2.98. The van der Waals surface area contributed by atoms with E-state index in [0.29, 0.717) is 32.9 Å². The summed E-state index contributed by atoms with van der Waals surface area (Å²) in [6.45, 7) is 7.03. The van der Waals surface area contributed by atoms with E-state index >= 15 is 0 Å². The van der Waals surface area contributed by atoms with Crippen LogP contribution in [-0.2, 0) is 10.2 Å². The molecule has 4 aliphatic carbocycles. The van der Waals surface area contributed by atoms with Gasteiger partial charge in [0.2, 0.25) is 0 Å². The lowest BCUT2D eigenvalue weighted by Crippen LogP contribution is -2.56. The van der Waals surface area contributed by atoms with Gasteiger partial charge in [0, 0.05) is 5.69 Å². The highest BCUT2D eigenvalue weighted by Gasteiger charge is 2.60. The smallest absolute Gasteiger partial charge is 0.339 e. The Morgan fingerprint density at radius 3 is 2.32 bits per heavy atom. The molecule has 4 fully saturated rings. The molecule has 4 aliphatic rings. The Labute approximate surface area is 230 Å². The van der Waals surface area contributed by atoms with Crippen LogP contribution in [-0.4, -0.2) is 13.1 Å². The van der Waals surface area contributed by atoms with Crippen LogP contribution in [0.1, 0.15) is 73.9 Å². The SMILES string of the molecule is COC(=O)c1ccccc1Nc1ccc(Oc2ccc(C34CC5CC(C)(CC(C)(C5)C3)C4)cc2Cl)cc1C. The molecule has 3 aromatic rings. The van der Waals surface area contributed by atoms with Crippen LogP contribution in [0.2, 0.25) is 5.02 Å². The van der Waals surface area contributed by atoms with Gasteiger partial charge in [0.15, 0.2) is 0 Å². The molecular formula is C33H36ClNO3. The highest BCUT2D eigenvalue weighted by atomic mass is 35.5. The molecule has 7 rings (SSSR count). The fourth-order valence-corrected chi connectivity index (χ4v) is 8.89. The first-order valence-corrected chi connectivity index (χ1v) is 14.0. The maximum atomic E-state index is 12.1. The van der Waals surface area contributed by atoms with Crippen molar-refractivity contribution in [1.29, 1.82) is 0 Å². The Kier molecular flexibility index (Phi) is 6.03. The summed E-state index contributed by atoms with van der Waals surface area (Å²) in [5, 5.41) is 4.02. The lowest BCUT2D eigenvalue weighted by molar-refractivity contribution is -0.110. The molecule has 0 heterocycles. The number of nitrogens with one attached hydrogen (secondary N) is 1. The van der Waals surface area contributed by atoms with Crippen LogP contribution in [0.4, 0.5) is 11.4 Å². The van der Waals surface area contributed by atoms with E-state index in [4.69, 9.17) is 21.1 Å². The molecule has 3 aromatic carbocycles. The number of ether oxygens (including phenoxy) is 2. The van der Waals surface area contributed by atoms with Crippen LogP contribution < -0.4 is 10.1 Å². The summed E-state index contributed by atoms with van der Waals surface area (Å²) in [6, 6.07) is 19.6. The number of para-hydroxylation sites is 1. The van der Waals surface area contributed by atoms with Gasteiger partial charge in [-0.3, -0.25) is 0 Å². The molecule has 5 heteroatoms. The highest BCUT2D eigenvalue weighted by molar-refractivity contribution is 6.32. The first-order chi connectivity index (χ1) is 18.1. The molecule has 4 bridgehead atoms. The van der Waals surface area contributed by atoms with Crippen molar-refractivity contribution in [3.05, 3.63) is 82.4 Å². The summed E-state index contributed by atoms with van der Waals surface area (Å²) in [7, 11) is 1.39. The number of methoxy groups -OCH3 is 1. The number of anilines is 2. The summed E-state index contributed by atoms with van der Waals surface area (Å²) >= 11 is 6.85. The molecule has 38 heavy (non-hydrogen) atoms. The summed E-state index contributed by atoms with van der Waals surface area (Å²) in [4.78, 5) is 12.1. The van der Waals surface area contributed by atoms with Crippen molar-refractivity contribution < 1.29 is 14.3 Å². The van der Waals surface area contributed by atoms with Crippen molar-refractivity contribution in [2.45, 2.75) is 64.7 Å². The van der Waals surface area contributed by atoms with Gasteiger partial charge in [0.1, 0.15) is 11.5 Å². The maximum Gasteiger partial charge on any atom is 0.339 e. The molecule has 0 spiro atoms. The summed E-state index contributed by atoms with van der Waals surface area (Å²) in [5.74, 6) is 1.86.